The first-order valence-corrected chi connectivity index (χ1v) is 6.51. The lowest BCUT2D eigenvalue weighted by Crippen LogP contribution is -2.43. The molecule has 2 rings (SSSR count). The molecule has 0 saturated carbocycles. The lowest BCUT2D eigenvalue weighted by atomic mass is 10.1. The van der Waals surface area contributed by atoms with Crippen LogP contribution >= 0.6 is 23.4 Å². The predicted octanol–water partition coefficient (Wildman–Crippen LogP) is 2.93. The van der Waals surface area contributed by atoms with Crippen molar-refractivity contribution in [2.75, 3.05) is 18.8 Å². The second-order valence-corrected chi connectivity index (χ2v) is 5.21. The Labute approximate surface area is 98.4 Å². The van der Waals surface area contributed by atoms with Crippen molar-refractivity contribution in [3.8, 4) is 0 Å². The van der Waals surface area contributed by atoms with Gasteiger partial charge in [-0.1, -0.05) is 17.7 Å². The summed E-state index contributed by atoms with van der Waals surface area (Å²) < 4.78 is 12.8. The first-order valence-electron chi connectivity index (χ1n) is 4.98. The number of rotatable bonds is 4. The Morgan fingerprint density at radius 1 is 1.47 bits per heavy atom. The number of benzene rings is 1. The first-order chi connectivity index (χ1) is 7.25. The molecule has 1 fully saturated rings. The Morgan fingerprint density at radius 2 is 2.27 bits per heavy atom. The van der Waals surface area contributed by atoms with Crippen LogP contribution in [0.3, 0.4) is 0 Å². The van der Waals surface area contributed by atoms with Gasteiger partial charge in [-0.15, -0.1) is 0 Å². The van der Waals surface area contributed by atoms with Crippen molar-refractivity contribution < 1.29 is 4.39 Å². The topological polar surface area (TPSA) is 12.0 Å². The molecule has 0 radical (unpaired) electrons. The number of hydrogen-bond acceptors (Lipinski definition) is 2. The summed E-state index contributed by atoms with van der Waals surface area (Å²) in [4.78, 5) is 0. The van der Waals surface area contributed by atoms with Crippen molar-refractivity contribution in [1.82, 2.24) is 5.32 Å². The second-order valence-electron chi connectivity index (χ2n) is 3.78. The van der Waals surface area contributed by atoms with Crippen LogP contribution in [0.1, 0.15) is 5.56 Å². The van der Waals surface area contributed by atoms with Crippen LogP contribution in [-0.2, 0) is 5.75 Å². The normalized spacial score (nSPS) is 16.4. The van der Waals surface area contributed by atoms with Crippen molar-refractivity contribution in [3.63, 3.8) is 0 Å². The molecule has 1 saturated heterocycles. The molecule has 1 N–H and O–H groups in total. The van der Waals surface area contributed by atoms with E-state index in [1.54, 1.807) is 6.07 Å². The summed E-state index contributed by atoms with van der Waals surface area (Å²) in [5, 5.41) is 3.78. The maximum Gasteiger partial charge on any atom is 0.124 e. The molecule has 0 aliphatic carbocycles. The van der Waals surface area contributed by atoms with Crippen molar-refractivity contribution in [2.45, 2.75) is 5.75 Å². The Bertz CT molecular complexity index is 341. The molecule has 0 spiro atoms. The fourth-order valence-electron chi connectivity index (χ4n) is 1.44. The van der Waals surface area contributed by atoms with Crippen molar-refractivity contribution in [1.29, 1.82) is 0 Å². The van der Waals surface area contributed by atoms with Gasteiger partial charge in [0.1, 0.15) is 5.82 Å². The predicted molar refractivity (Wildman–Crippen MR) is 63.9 cm³/mol. The van der Waals surface area contributed by atoms with Gasteiger partial charge in [-0.2, -0.15) is 11.8 Å². The van der Waals surface area contributed by atoms with Crippen LogP contribution in [0.15, 0.2) is 18.2 Å². The molecule has 1 aliphatic heterocycles. The zero-order valence-corrected chi connectivity index (χ0v) is 9.87. The van der Waals surface area contributed by atoms with Gasteiger partial charge in [0.25, 0.3) is 0 Å². The quantitative estimate of drug-likeness (QED) is 0.876. The average molecular weight is 246 g/mol. The third-order valence-corrected chi connectivity index (χ3v) is 4.07. The van der Waals surface area contributed by atoms with E-state index in [-0.39, 0.29) is 5.82 Å². The average Bonchev–Trinajstić information content (AvgIpc) is 2.12. The Kier molecular flexibility index (Phi) is 3.89. The van der Waals surface area contributed by atoms with Crippen LogP contribution in [0, 0.1) is 11.7 Å². The van der Waals surface area contributed by atoms with E-state index < -0.39 is 0 Å². The Balaban J connectivity index is 1.81. The van der Waals surface area contributed by atoms with E-state index in [2.05, 4.69) is 5.32 Å². The molecular weight excluding hydrogens is 233 g/mol. The first kappa shape index (κ1) is 11.2. The van der Waals surface area contributed by atoms with Gasteiger partial charge in [0.05, 0.1) is 0 Å². The summed E-state index contributed by atoms with van der Waals surface area (Å²) in [5.41, 5.74) is 1.02. The summed E-state index contributed by atoms with van der Waals surface area (Å²) >= 11 is 7.79. The van der Waals surface area contributed by atoms with Gasteiger partial charge in [-0.25, -0.2) is 4.39 Å². The van der Waals surface area contributed by atoms with Gasteiger partial charge < -0.3 is 5.32 Å². The second kappa shape index (κ2) is 5.19. The fraction of sp³-hybridized carbons (Fsp3) is 0.455. The van der Waals surface area contributed by atoms with Crippen molar-refractivity contribution in [3.05, 3.63) is 34.6 Å². The van der Waals surface area contributed by atoms with Crippen LogP contribution in [0.2, 0.25) is 5.02 Å². The minimum Gasteiger partial charge on any atom is -0.316 e. The molecule has 15 heavy (non-hydrogen) atoms. The van der Waals surface area contributed by atoms with Gasteiger partial charge in [0.2, 0.25) is 0 Å². The molecule has 0 unspecified atom stereocenters. The molecule has 0 aromatic heterocycles. The van der Waals surface area contributed by atoms with E-state index in [0.717, 1.165) is 36.1 Å². The van der Waals surface area contributed by atoms with E-state index in [1.807, 2.05) is 11.8 Å². The van der Waals surface area contributed by atoms with Gasteiger partial charge >= 0.3 is 0 Å². The molecule has 1 heterocycles. The molecular formula is C11H13ClFNS. The lowest BCUT2D eigenvalue weighted by Gasteiger charge is -2.26. The number of hydrogen-bond donors (Lipinski definition) is 1. The van der Waals surface area contributed by atoms with E-state index in [0.29, 0.717) is 5.02 Å². The minimum absolute atomic E-state index is 0.267. The highest BCUT2D eigenvalue weighted by Crippen LogP contribution is 2.23. The molecule has 82 valence electrons. The third kappa shape index (κ3) is 3.10. The van der Waals surface area contributed by atoms with E-state index in [1.165, 1.54) is 12.1 Å². The molecule has 0 atom stereocenters. The zero-order chi connectivity index (χ0) is 10.7. The fourth-order valence-corrected chi connectivity index (χ4v) is 2.91. The molecule has 1 aromatic rings. The smallest absolute Gasteiger partial charge is 0.124 e. The molecule has 0 bridgehead atoms. The monoisotopic (exact) mass is 245 g/mol. The van der Waals surface area contributed by atoms with Crippen LogP contribution in [0.5, 0.6) is 0 Å². The van der Waals surface area contributed by atoms with Gasteiger partial charge in [0, 0.05) is 10.8 Å². The third-order valence-electron chi connectivity index (χ3n) is 2.49. The lowest BCUT2D eigenvalue weighted by molar-refractivity contribution is 0.385. The summed E-state index contributed by atoms with van der Waals surface area (Å²) in [6, 6.07) is 4.61. The van der Waals surface area contributed by atoms with E-state index in [4.69, 9.17) is 11.6 Å². The maximum atomic E-state index is 12.8. The van der Waals surface area contributed by atoms with Crippen LogP contribution in [0.25, 0.3) is 0 Å². The molecule has 1 nitrogen and oxygen atoms in total. The van der Waals surface area contributed by atoms with Crippen molar-refractivity contribution >= 4 is 23.4 Å². The van der Waals surface area contributed by atoms with Gasteiger partial charge in [-0.3, -0.25) is 0 Å². The van der Waals surface area contributed by atoms with Crippen LogP contribution in [-0.4, -0.2) is 18.8 Å². The number of nitrogens with one attached hydrogen (secondary N) is 1. The molecule has 4 heteroatoms. The number of thioether (sulfide) groups is 1. The zero-order valence-electron chi connectivity index (χ0n) is 8.30. The summed E-state index contributed by atoms with van der Waals surface area (Å²) in [6.07, 6.45) is 0. The van der Waals surface area contributed by atoms with Gasteiger partial charge in [0.15, 0.2) is 0 Å². The molecule has 1 aliphatic rings. The van der Waals surface area contributed by atoms with E-state index >= 15 is 0 Å². The summed E-state index contributed by atoms with van der Waals surface area (Å²) in [6.45, 7) is 2.26. The Morgan fingerprint density at radius 3 is 2.87 bits per heavy atom. The molecule has 1 aromatic carbocycles. The highest BCUT2D eigenvalue weighted by molar-refractivity contribution is 7.98. The minimum atomic E-state index is -0.267. The van der Waals surface area contributed by atoms with Crippen LogP contribution < -0.4 is 5.32 Å². The highest BCUT2D eigenvalue weighted by atomic mass is 35.5. The van der Waals surface area contributed by atoms with E-state index in [9.17, 15) is 4.39 Å². The molecule has 0 amide bonds. The summed E-state index contributed by atoms with van der Waals surface area (Å²) in [7, 11) is 0. The van der Waals surface area contributed by atoms with Crippen LogP contribution in [0.4, 0.5) is 4.39 Å². The standard InChI is InChI=1S/C11H13ClFNS/c12-11-3-10(13)2-1-9(11)7-15-6-8-4-14-5-8/h1-3,8,14H,4-7H2. The van der Waals surface area contributed by atoms with Crippen molar-refractivity contribution in [2.24, 2.45) is 5.92 Å². The largest absolute Gasteiger partial charge is 0.316 e. The van der Waals surface area contributed by atoms with Gasteiger partial charge in [-0.05, 0) is 42.5 Å². The highest BCUT2D eigenvalue weighted by Gasteiger charge is 2.16. The SMILES string of the molecule is Fc1ccc(CSCC2CNC2)c(Cl)c1. The number of halogens is 2. The summed E-state index contributed by atoms with van der Waals surface area (Å²) in [5.74, 6) is 2.56. The Hall–Kier alpha value is -0.250. The maximum absolute atomic E-state index is 12.8.